The van der Waals surface area contributed by atoms with Crippen LogP contribution in [-0.2, 0) is 6.42 Å². The summed E-state index contributed by atoms with van der Waals surface area (Å²) in [6, 6.07) is 9.99. The monoisotopic (exact) mass is 272 g/mol. The zero-order chi connectivity index (χ0) is 14.7. The van der Waals surface area contributed by atoms with Gasteiger partial charge in [0, 0.05) is 6.42 Å². The van der Waals surface area contributed by atoms with Gasteiger partial charge in [-0.1, -0.05) is 12.1 Å². The van der Waals surface area contributed by atoms with Crippen LogP contribution in [0, 0.1) is 6.92 Å². The molecule has 0 saturated heterocycles. The van der Waals surface area contributed by atoms with Crippen molar-refractivity contribution in [3.63, 3.8) is 0 Å². The summed E-state index contributed by atoms with van der Waals surface area (Å²) in [6.07, 6.45) is 0.105. The quantitative estimate of drug-likeness (QED) is 0.840. The number of hydrogen-bond donors (Lipinski definition) is 2. The average molecular weight is 272 g/mol. The van der Waals surface area contributed by atoms with Gasteiger partial charge in [-0.3, -0.25) is 4.79 Å². The molecule has 4 nitrogen and oxygen atoms in total. The van der Waals surface area contributed by atoms with E-state index in [0.717, 1.165) is 5.56 Å². The van der Waals surface area contributed by atoms with Gasteiger partial charge in [0.05, 0.1) is 7.11 Å². The number of aromatic hydroxyl groups is 2. The highest BCUT2D eigenvalue weighted by Gasteiger charge is 2.17. The lowest BCUT2D eigenvalue weighted by atomic mass is 10.00. The molecule has 0 spiro atoms. The predicted molar refractivity (Wildman–Crippen MR) is 75.5 cm³/mol. The molecule has 0 amide bonds. The van der Waals surface area contributed by atoms with Gasteiger partial charge in [-0.25, -0.2) is 0 Å². The fourth-order valence-electron chi connectivity index (χ4n) is 2.05. The standard InChI is InChI=1S/C16H16O4/c1-10-7-13(17)16(14(18)8-10)15(19)9-11-3-5-12(20-2)6-4-11/h3-8,17-18H,9H2,1-2H3. The second-order valence-corrected chi connectivity index (χ2v) is 4.63. The van der Waals surface area contributed by atoms with E-state index in [1.165, 1.54) is 12.1 Å². The number of aryl methyl sites for hydroxylation is 1. The Bertz CT molecular complexity index is 606. The number of rotatable bonds is 4. The Hall–Kier alpha value is -2.49. The highest BCUT2D eigenvalue weighted by Crippen LogP contribution is 2.30. The SMILES string of the molecule is COc1ccc(CC(=O)c2c(O)cc(C)cc2O)cc1. The molecule has 104 valence electrons. The molecule has 2 N–H and O–H groups in total. The number of Topliss-reactive ketones (excluding diaryl/α,β-unsaturated/α-hetero) is 1. The van der Waals surface area contributed by atoms with Gasteiger partial charge in [0.25, 0.3) is 0 Å². The van der Waals surface area contributed by atoms with Crippen LogP contribution in [0.3, 0.4) is 0 Å². The van der Waals surface area contributed by atoms with Crippen LogP contribution in [0.4, 0.5) is 0 Å². The van der Waals surface area contributed by atoms with E-state index in [0.29, 0.717) is 11.3 Å². The van der Waals surface area contributed by atoms with Crippen molar-refractivity contribution in [1.29, 1.82) is 0 Å². The molecule has 0 aliphatic rings. The van der Waals surface area contributed by atoms with E-state index >= 15 is 0 Å². The molecule has 2 aromatic carbocycles. The first kappa shape index (κ1) is 13.9. The minimum absolute atomic E-state index is 0.0357. The molecule has 0 radical (unpaired) electrons. The number of carbonyl (C=O) groups is 1. The smallest absolute Gasteiger partial charge is 0.174 e. The largest absolute Gasteiger partial charge is 0.507 e. The van der Waals surface area contributed by atoms with Crippen molar-refractivity contribution in [2.75, 3.05) is 7.11 Å². The minimum Gasteiger partial charge on any atom is -0.507 e. The maximum absolute atomic E-state index is 12.2. The predicted octanol–water partition coefficient (Wildman–Crippen LogP) is 2.84. The van der Waals surface area contributed by atoms with Crippen LogP contribution in [0.1, 0.15) is 21.5 Å². The first-order chi connectivity index (χ1) is 9.51. The number of benzene rings is 2. The second-order valence-electron chi connectivity index (χ2n) is 4.63. The Morgan fingerprint density at radius 2 is 1.65 bits per heavy atom. The van der Waals surface area contributed by atoms with E-state index in [1.807, 2.05) is 0 Å². The van der Waals surface area contributed by atoms with Gasteiger partial charge in [0.1, 0.15) is 22.8 Å². The van der Waals surface area contributed by atoms with Crippen LogP contribution in [-0.4, -0.2) is 23.1 Å². The lowest BCUT2D eigenvalue weighted by Crippen LogP contribution is -2.04. The summed E-state index contributed by atoms with van der Waals surface area (Å²) >= 11 is 0. The highest BCUT2D eigenvalue weighted by atomic mass is 16.5. The summed E-state index contributed by atoms with van der Waals surface area (Å²) in [6.45, 7) is 1.73. The fraction of sp³-hybridized carbons (Fsp3) is 0.188. The Kier molecular flexibility index (Phi) is 3.94. The van der Waals surface area contributed by atoms with Crippen LogP contribution in [0.2, 0.25) is 0 Å². The molecule has 0 aromatic heterocycles. The van der Waals surface area contributed by atoms with Gasteiger partial charge in [-0.15, -0.1) is 0 Å². The zero-order valence-corrected chi connectivity index (χ0v) is 11.4. The molecule has 0 aliphatic carbocycles. The van der Waals surface area contributed by atoms with E-state index < -0.39 is 0 Å². The molecule has 4 heteroatoms. The lowest BCUT2D eigenvalue weighted by molar-refractivity contribution is 0.0987. The van der Waals surface area contributed by atoms with Gasteiger partial charge in [0.2, 0.25) is 0 Å². The van der Waals surface area contributed by atoms with Crippen molar-refractivity contribution in [3.05, 3.63) is 53.1 Å². The number of methoxy groups -OCH3 is 1. The van der Waals surface area contributed by atoms with Crippen molar-refractivity contribution in [3.8, 4) is 17.2 Å². The van der Waals surface area contributed by atoms with Crippen molar-refractivity contribution >= 4 is 5.78 Å². The Labute approximate surface area is 117 Å². The molecule has 20 heavy (non-hydrogen) atoms. The first-order valence-electron chi connectivity index (χ1n) is 6.20. The number of phenols is 2. The second kappa shape index (κ2) is 5.65. The van der Waals surface area contributed by atoms with Crippen LogP contribution in [0.25, 0.3) is 0 Å². The van der Waals surface area contributed by atoms with Crippen molar-refractivity contribution in [2.45, 2.75) is 13.3 Å². The third-order valence-corrected chi connectivity index (χ3v) is 3.04. The number of ether oxygens (including phenoxy) is 1. The molecule has 0 atom stereocenters. The van der Waals surface area contributed by atoms with E-state index in [2.05, 4.69) is 0 Å². The minimum atomic E-state index is -0.329. The molecule has 0 heterocycles. The Morgan fingerprint density at radius 3 is 2.15 bits per heavy atom. The zero-order valence-electron chi connectivity index (χ0n) is 11.4. The Balaban J connectivity index is 2.23. The molecule has 2 aromatic rings. The highest BCUT2D eigenvalue weighted by molar-refractivity contribution is 6.02. The number of ketones is 1. The molecule has 2 rings (SSSR count). The third-order valence-electron chi connectivity index (χ3n) is 3.04. The summed E-state index contributed by atoms with van der Waals surface area (Å²) < 4.78 is 5.05. The summed E-state index contributed by atoms with van der Waals surface area (Å²) in [5, 5.41) is 19.6. The van der Waals surface area contributed by atoms with Gasteiger partial charge in [-0.2, -0.15) is 0 Å². The third kappa shape index (κ3) is 2.91. The molecule has 0 fully saturated rings. The molecule has 0 aliphatic heterocycles. The van der Waals surface area contributed by atoms with E-state index in [9.17, 15) is 15.0 Å². The number of phenolic OH excluding ortho intramolecular Hbond substituents is 2. The molecule has 0 bridgehead atoms. The van der Waals surface area contributed by atoms with E-state index in [4.69, 9.17) is 4.74 Å². The molecule has 0 saturated carbocycles. The van der Waals surface area contributed by atoms with Crippen molar-refractivity contribution in [1.82, 2.24) is 0 Å². The number of carbonyl (C=O) groups excluding carboxylic acids is 1. The van der Waals surface area contributed by atoms with Gasteiger partial charge in [0.15, 0.2) is 5.78 Å². The van der Waals surface area contributed by atoms with Gasteiger partial charge >= 0.3 is 0 Å². The summed E-state index contributed by atoms with van der Waals surface area (Å²) in [5.41, 5.74) is 1.45. The fourth-order valence-corrected chi connectivity index (χ4v) is 2.05. The van der Waals surface area contributed by atoms with Crippen LogP contribution >= 0.6 is 0 Å². The Morgan fingerprint density at radius 1 is 1.10 bits per heavy atom. The van der Waals surface area contributed by atoms with Gasteiger partial charge in [-0.05, 0) is 42.3 Å². The van der Waals surface area contributed by atoms with E-state index in [-0.39, 0.29) is 29.3 Å². The van der Waals surface area contributed by atoms with Crippen LogP contribution in [0.15, 0.2) is 36.4 Å². The summed E-state index contributed by atoms with van der Waals surface area (Å²) in [4.78, 5) is 12.2. The normalized spacial score (nSPS) is 10.3. The maximum atomic E-state index is 12.2. The topological polar surface area (TPSA) is 66.8 Å². The molecular formula is C16H16O4. The molecule has 0 unspecified atom stereocenters. The summed E-state index contributed by atoms with van der Waals surface area (Å²) in [7, 11) is 1.57. The van der Waals surface area contributed by atoms with E-state index in [1.54, 1.807) is 38.3 Å². The molecular weight excluding hydrogens is 256 g/mol. The maximum Gasteiger partial charge on any atom is 0.174 e. The lowest BCUT2D eigenvalue weighted by Gasteiger charge is -2.08. The van der Waals surface area contributed by atoms with Crippen molar-refractivity contribution < 1.29 is 19.7 Å². The number of hydrogen-bond acceptors (Lipinski definition) is 4. The average Bonchev–Trinajstić information content (AvgIpc) is 2.38. The van der Waals surface area contributed by atoms with Crippen LogP contribution in [0.5, 0.6) is 17.2 Å². The van der Waals surface area contributed by atoms with Crippen molar-refractivity contribution in [2.24, 2.45) is 0 Å². The summed E-state index contributed by atoms with van der Waals surface area (Å²) in [5.74, 6) is -0.00517. The first-order valence-corrected chi connectivity index (χ1v) is 6.20. The van der Waals surface area contributed by atoms with Crippen LogP contribution < -0.4 is 4.74 Å². The van der Waals surface area contributed by atoms with Gasteiger partial charge < -0.3 is 14.9 Å².